The van der Waals surface area contributed by atoms with Crippen molar-refractivity contribution in [2.75, 3.05) is 18.0 Å². The number of anilines is 1. The minimum atomic E-state index is -0.353. The summed E-state index contributed by atoms with van der Waals surface area (Å²) in [6, 6.07) is 5.78. The van der Waals surface area contributed by atoms with Gasteiger partial charge in [-0.1, -0.05) is 37.7 Å². The summed E-state index contributed by atoms with van der Waals surface area (Å²) in [6.07, 6.45) is 2.03. The molecule has 0 atom stereocenters. The van der Waals surface area contributed by atoms with Crippen LogP contribution < -0.4 is 16.4 Å². The molecule has 0 radical (unpaired) electrons. The molecule has 0 saturated heterocycles. The predicted molar refractivity (Wildman–Crippen MR) is 83.4 cm³/mol. The van der Waals surface area contributed by atoms with Crippen LogP contribution in [0, 0.1) is 6.92 Å². The van der Waals surface area contributed by atoms with Gasteiger partial charge in [0, 0.05) is 12.1 Å². The smallest absolute Gasteiger partial charge is 0.236 e. The van der Waals surface area contributed by atoms with E-state index in [-0.39, 0.29) is 12.5 Å². The molecule has 4 N–H and O–H groups in total. The molecule has 0 aliphatic rings. The standard InChI is InChI=1S/C14H21N3OS/c1-3-4-8-17(9-12(15)18)13-10(2)6-5-7-11(13)14(16)19/h5-7H,3-4,8-9H2,1-2H3,(H2,15,18)(H2,16,19). The Morgan fingerprint density at radius 3 is 2.58 bits per heavy atom. The Labute approximate surface area is 119 Å². The van der Waals surface area contributed by atoms with Crippen molar-refractivity contribution in [3.8, 4) is 0 Å². The second-order valence-electron chi connectivity index (χ2n) is 4.58. The lowest BCUT2D eigenvalue weighted by molar-refractivity contribution is -0.116. The molecule has 19 heavy (non-hydrogen) atoms. The third-order valence-corrected chi connectivity index (χ3v) is 3.17. The fourth-order valence-corrected chi connectivity index (χ4v) is 2.25. The summed E-state index contributed by atoms with van der Waals surface area (Å²) < 4.78 is 0. The van der Waals surface area contributed by atoms with Gasteiger partial charge in [-0.05, 0) is 25.0 Å². The Bertz CT molecular complexity index is 474. The summed E-state index contributed by atoms with van der Waals surface area (Å²) in [4.78, 5) is 13.6. The summed E-state index contributed by atoms with van der Waals surface area (Å²) in [6.45, 7) is 5.03. The molecule has 0 aromatic heterocycles. The molecule has 5 heteroatoms. The number of nitrogens with zero attached hydrogens (tertiary/aromatic N) is 1. The first kappa shape index (κ1) is 15.4. The highest BCUT2D eigenvalue weighted by Crippen LogP contribution is 2.25. The number of rotatable bonds is 7. The van der Waals surface area contributed by atoms with Crippen LogP contribution in [0.2, 0.25) is 0 Å². The van der Waals surface area contributed by atoms with Crippen LogP contribution in [0.3, 0.4) is 0 Å². The first-order valence-electron chi connectivity index (χ1n) is 6.40. The van der Waals surface area contributed by atoms with Gasteiger partial charge in [0.15, 0.2) is 0 Å². The zero-order valence-electron chi connectivity index (χ0n) is 11.5. The molecule has 104 valence electrons. The number of unbranched alkanes of at least 4 members (excludes halogenated alkanes) is 1. The molecule has 0 fully saturated rings. The van der Waals surface area contributed by atoms with Crippen LogP contribution in [-0.2, 0) is 4.79 Å². The quantitative estimate of drug-likeness (QED) is 0.745. The minimum absolute atomic E-state index is 0.181. The number of hydrogen-bond acceptors (Lipinski definition) is 3. The molecule has 0 bridgehead atoms. The van der Waals surface area contributed by atoms with Gasteiger partial charge in [0.2, 0.25) is 5.91 Å². The molecular formula is C14H21N3OS. The van der Waals surface area contributed by atoms with Crippen molar-refractivity contribution in [3.63, 3.8) is 0 Å². The van der Waals surface area contributed by atoms with E-state index < -0.39 is 0 Å². The number of carbonyl (C=O) groups is 1. The van der Waals surface area contributed by atoms with Gasteiger partial charge >= 0.3 is 0 Å². The topological polar surface area (TPSA) is 72.3 Å². The van der Waals surface area contributed by atoms with Gasteiger partial charge in [-0.25, -0.2) is 0 Å². The lowest BCUT2D eigenvalue weighted by Crippen LogP contribution is -2.36. The van der Waals surface area contributed by atoms with E-state index >= 15 is 0 Å². The summed E-state index contributed by atoms with van der Waals surface area (Å²) >= 11 is 5.09. The third kappa shape index (κ3) is 4.21. The average molecular weight is 279 g/mol. The summed E-state index contributed by atoms with van der Waals surface area (Å²) in [5.74, 6) is -0.353. The number of thiocarbonyl (C=S) groups is 1. The highest BCUT2D eigenvalue weighted by molar-refractivity contribution is 7.80. The van der Waals surface area contributed by atoms with Gasteiger partial charge in [-0.2, -0.15) is 0 Å². The van der Waals surface area contributed by atoms with Crippen molar-refractivity contribution >= 4 is 28.8 Å². The highest BCUT2D eigenvalue weighted by Gasteiger charge is 2.16. The second-order valence-corrected chi connectivity index (χ2v) is 5.02. The van der Waals surface area contributed by atoms with Crippen LogP contribution in [0.5, 0.6) is 0 Å². The maximum absolute atomic E-state index is 11.3. The highest BCUT2D eigenvalue weighted by atomic mass is 32.1. The lowest BCUT2D eigenvalue weighted by Gasteiger charge is -2.27. The fraction of sp³-hybridized carbons (Fsp3) is 0.429. The van der Waals surface area contributed by atoms with Gasteiger partial charge < -0.3 is 16.4 Å². The number of amides is 1. The Hall–Kier alpha value is -1.62. The zero-order valence-corrected chi connectivity index (χ0v) is 12.3. The largest absolute Gasteiger partial charge is 0.389 e. The Morgan fingerprint density at radius 1 is 1.37 bits per heavy atom. The molecule has 1 aromatic carbocycles. The monoisotopic (exact) mass is 279 g/mol. The number of primary amides is 1. The van der Waals surface area contributed by atoms with Crippen LogP contribution >= 0.6 is 12.2 Å². The summed E-state index contributed by atoms with van der Waals surface area (Å²) in [5.41, 5.74) is 13.9. The van der Waals surface area contributed by atoms with Gasteiger partial charge in [-0.3, -0.25) is 4.79 Å². The first-order chi connectivity index (χ1) is 8.97. The Balaban J connectivity index is 3.19. The normalized spacial score (nSPS) is 10.2. The molecule has 0 saturated carbocycles. The van der Waals surface area contributed by atoms with E-state index in [1.54, 1.807) is 0 Å². The predicted octanol–water partition coefficient (Wildman–Crippen LogP) is 1.72. The van der Waals surface area contributed by atoms with E-state index in [0.717, 1.165) is 36.2 Å². The molecule has 0 spiro atoms. The molecule has 4 nitrogen and oxygen atoms in total. The number of aryl methyl sites for hydroxylation is 1. The third-order valence-electron chi connectivity index (χ3n) is 2.95. The van der Waals surface area contributed by atoms with Gasteiger partial charge in [-0.15, -0.1) is 0 Å². The number of benzene rings is 1. The van der Waals surface area contributed by atoms with Crippen molar-refractivity contribution in [1.82, 2.24) is 0 Å². The van der Waals surface area contributed by atoms with Gasteiger partial charge in [0.05, 0.1) is 12.2 Å². The first-order valence-corrected chi connectivity index (χ1v) is 6.80. The van der Waals surface area contributed by atoms with Crippen LogP contribution in [0.1, 0.15) is 30.9 Å². The van der Waals surface area contributed by atoms with Gasteiger partial charge in [0.1, 0.15) is 4.99 Å². The number of carbonyl (C=O) groups excluding carboxylic acids is 1. The maximum Gasteiger partial charge on any atom is 0.236 e. The van der Waals surface area contributed by atoms with E-state index in [9.17, 15) is 4.79 Å². The molecule has 1 rings (SSSR count). The minimum Gasteiger partial charge on any atom is -0.389 e. The zero-order chi connectivity index (χ0) is 14.4. The van der Waals surface area contributed by atoms with Gasteiger partial charge in [0.25, 0.3) is 0 Å². The van der Waals surface area contributed by atoms with E-state index in [1.807, 2.05) is 30.0 Å². The second kappa shape index (κ2) is 7.09. The van der Waals surface area contributed by atoms with Crippen molar-refractivity contribution in [1.29, 1.82) is 0 Å². The summed E-state index contributed by atoms with van der Waals surface area (Å²) in [5, 5.41) is 0. The van der Waals surface area contributed by atoms with Crippen LogP contribution in [0.25, 0.3) is 0 Å². The molecular weight excluding hydrogens is 258 g/mol. The summed E-state index contributed by atoms with van der Waals surface area (Å²) in [7, 11) is 0. The fourth-order valence-electron chi connectivity index (χ4n) is 2.08. The molecule has 0 aliphatic carbocycles. The van der Waals surface area contributed by atoms with Crippen molar-refractivity contribution < 1.29 is 4.79 Å². The van der Waals surface area contributed by atoms with E-state index in [0.29, 0.717) is 4.99 Å². The average Bonchev–Trinajstić information content (AvgIpc) is 2.33. The van der Waals surface area contributed by atoms with Crippen molar-refractivity contribution in [2.45, 2.75) is 26.7 Å². The molecule has 1 amide bonds. The SMILES string of the molecule is CCCCN(CC(N)=O)c1c(C)cccc1C(N)=S. The Morgan fingerprint density at radius 2 is 2.05 bits per heavy atom. The number of hydrogen-bond donors (Lipinski definition) is 2. The van der Waals surface area contributed by atoms with Crippen LogP contribution in [0.4, 0.5) is 5.69 Å². The number of para-hydroxylation sites is 1. The maximum atomic E-state index is 11.3. The van der Waals surface area contributed by atoms with Crippen LogP contribution in [-0.4, -0.2) is 24.0 Å². The Kier molecular flexibility index (Phi) is 5.76. The van der Waals surface area contributed by atoms with E-state index in [2.05, 4.69) is 6.92 Å². The molecule has 0 heterocycles. The van der Waals surface area contributed by atoms with Crippen molar-refractivity contribution in [3.05, 3.63) is 29.3 Å². The van der Waals surface area contributed by atoms with Crippen molar-refractivity contribution in [2.24, 2.45) is 11.5 Å². The van der Waals surface area contributed by atoms with E-state index in [1.165, 1.54) is 0 Å². The number of nitrogens with two attached hydrogens (primary N) is 2. The van der Waals surface area contributed by atoms with Crippen LogP contribution in [0.15, 0.2) is 18.2 Å². The molecule has 0 unspecified atom stereocenters. The molecule has 0 aliphatic heterocycles. The van der Waals surface area contributed by atoms with E-state index in [4.69, 9.17) is 23.7 Å². The molecule has 1 aromatic rings. The lowest BCUT2D eigenvalue weighted by atomic mass is 10.1.